The second kappa shape index (κ2) is 18.9. The summed E-state index contributed by atoms with van der Waals surface area (Å²) in [7, 11) is 1.88. The molecule has 0 spiro atoms. The van der Waals surface area contributed by atoms with Gasteiger partial charge < -0.3 is 29.2 Å². The van der Waals surface area contributed by atoms with Crippen LogP contribution in [0.15, 0.2) is 134 Å². The summed E-state index contributed by atoms with van der Waals surface area (Å²) in [4.78, 5) is 42.3. The number of hydrogen-bond donors (Lipinski definition) is 2. The van der Waals surface area contributed by atoms with E-state index in [-0.39, 0.29) is 25.5 Å². The van der Waals surface area contributed by atoms with Crippen LogP contribution in [0.1, 0.15) is 64.9 Å². The number of benzene rings is 5. The van der Waals surface area contributed by atoms with Gasteiger partial charge in [-0.05, 0) is 95.6 Å². The number of carboxylic acids is 1. The molecule has 1 aliphatic heterocycles. The van der Waals surface area contributed by atoms with Crippen LogP contribution in [-0.4, -0.2) is 44.2 Å². The SMILES string of the molecule is Cn1cncc1C#Cc1ccc(N2C(=O)[C@H](CC[C@H](O)c3ccc(F)cc3)[C@H]2c2ccc(-c3ccc(C#CCOC(=O)CC(=O)O)cc3)cc2OCc2ccccc2)cc1. The van der Waals surface area contributed by atoms with Gasteiger partial charge in [-0.2, -0.15) is 0 Å². The van der Waals surface area contributed by atoms with Crippen molar-refractivity contribution in [1.29, 1.82) is 0 Å². The summed E-state index contributed by atoms with van der Waals surface area (Å²) in [5, 5.41) is 19.8. The Morgan fingerprint density at radius 3 is 2.27 bits per heavy atom. The van der Waals surface area contributed by atoms with Crippen molar-refractivity contribution in [3.8, 4) is 40.6 Å². The zero-order valence-electron chi connectivity index (χ0n) is 32.6. The van der Waals surface area contributed by atoms with Gasteiger partial charge in [-0.25, -0.2) is 9.37 Å². The number of carbonyl (C=O) groups excluding carboxylic acids is 2. The van der Waals surface area contributed by atoms with Crippen LogP contribution in [0.2, 0.25) is 0 Å². The molecule has 0 bridgehead atoms. The first-order chi connectivity index (χ1) is 29.1. The van der Waals surface area contributed by atoms with Crippen molar-refractivity contribution in [3.63, 3.8) is 0 Å². The van der Waals surface area contributed by atoms with Crippen molar-refractivity contribution in [3.05, 3.63) is 173 Å². The van der Waals surface area contributed by atoms with Crippen molar-refractivity contribution in [2.24, 2.45) is 13.0 Å². The Balaban J connectivity index is 1.19. The smallest absolute Gasteiger partial charge is 0.318 e. The molecule has 2 N–H and O–H groups in total. The number of anilines is 1. The Morgan fingerprint density at radius 2 is 1.57 bits per heavy atom. The van der Waals surface area contributed by atoms with Crippen molar-refractivity contribution in [2.75, 3.05) is 11.5 Å². The van der Waals surface area contributed by atoms with E-state index >= 15 is 0 Å². The normalized spacial score (nSPS) is 14.8. The minimum absolute atomic E-state index is 0.0912. The molecule has 0 radical (unpaired) electrons. The number of aliphatic hydroxyl groups excluding tert-OH is 1. The molecule has 7 rings (SSSR count). The molecule has 3 atom stereocenters. The quantitative estimate of drug-likeness (QED) is 0.0524. The average Bonchev–Trinajstić information content (AvgIpc) is 3.67. The number of amides is 1. The maximum atomic E-state index is 14.2. The number of imidazole rings is 1. The third kappa shape index (κ3) is 9.97. The van der Waals surface area contributed by atoms with E-state index in [4.69, 9.17) is 14.6 Å². The van der Waals surface area contributed by atoms with Crippen molar-refractivity contribution >= 4 is 23.5 Å². The molecule has 1 aliphatic rings. The lowest BCUT2D eigenvalue weighted by atomic mass is 9.77. The van der Waals surface area contributed by atoms with Crippen LogP contribution in [0.5, 0.6) is 5.75 Å². The summed E-state index contributed by atoms with van der Waals surface area (Å²) in [5.74, 6) is 9.44. The van der Waals surface area contributed by atoms with Gasteiger partial charge in [-0.1, -0.05) is 84.5 Å². The number of hydrogen-bond acceptors (Lipinski definition) is 7. The van der Waals surface area contributed by atoms with Gasteiger partial charge in [0.1, 0.15) is 30.3 Å². The third-order valence-corrected chi connectivity index (χ3v) is 10.1. The third-order valence-electron chi connectivity index (χ3n) is 10.1. The predicted molar refractivity (Wildman–Crippen MR) is 223 cm³/mol. The molecule has 5 aromatic carbocycles. The van der Waals surface area contributed by atoms with Gasteiger partial charge in [0, 0.05) is 29.4 Å². The molecule has 6 aromatic rings. The fourth-order valence-corrected chi connectivity index (χ4v) is 6.98. The van der Waals surface area contributed by atoms with Crippen LogP contribution in [0.3, 0.4) is 0 Å². The molecule has 60 heavy (non-hydrogen) atoms. The standard InChI is InChI=1S/C49H40FN3O7/c1-52-32-51-30-41(52)23-13-34-11-21-40(22-12-34)53-48(43(49(53)58)25-26-44(54)37-16-19-39(50)20-17-37)42-24-18-38(28-45(42)60-31-35-6-3-2-4-7-35)36-14-9-33(10-15-36)8-5-27-59-47(57)29-46(55)56/h2-4,6-7,9-12,14-22,24,28,30,32,43-44,48,54H,25-27,29,31H2,1H3,(H,55,56)/t43-,44+,48-/m1/s1. The molecule has 2 heterocycles. The van der Waals surface area contributed by atoms with E-state index in [1.54, 1.807) is 29.6 Å². The van der Waals surface area contributed by atoms with Gasteiger partial charge in [0.25, 0.3) is 0 Å². The lowest BCUT2D eigenvalue weighted by Gasteiger charge is -2.48. The van der Waals surface area contributed by atoms with E-state index in [2.05, 4.69) is 28.7 Å². The van der Waals surface area contributed by atoms with E-state index < -0.39 is 42.2 Å². The fourth-order valence-electron chi connectivity index (χ4n) is 6.98. The maximum Gasteiger partial charge on any atom is 0.318 e. The summed E-state index contributed by atoms with van der Waals surface area (Å²) in [5.41, 5.74) is 7.00. The number of carboxylic acid groups (broad SMARTS) is 1. The number of ether oxygens (including phenoxy) is 2. The van der Waals surface area contributed by atoms with Gasteiger partial charge >= 0.3 is 11.9 Å². The zero-order valence-corrected chi connectivity index (χ0v) is 32.6. The van der Waals surface area contributed by atoms with E-state index in [9.17, 15) is 23.9 Å². The summed E-state index contributed by atoms with van der Waals surface area (Å²) in [6.07, 6.45) is 2.43. The summed E-state index contributed by atoms with van der Waals surface area (Å²) in [6.45, 7) is 0.0517. The minimum atomic E-state index is -1.27. The van der Waals surface area contributed by atoms with Crippen LogP contribution < -0.4 is 9.64 Å². The largest absolute Gasteiger partial charge is 0.489 e. The highest BCUT2D eigenvalue weighted by molar-refractivity contribution is 6.03. The first-order valence-electron chi connectivity index (χ1n) is 19.3. The van der Waals surface area contributed by atoms with Crippen LogP contribution in [0.4, 0.5) is 10.1 Å². The highest BCUT2D eigenvalue weighted by atomic mass is 19.1. The molecule has 0 unspecified atom stereocenters. The fraction of sp³-hybridized carbons (Fsp3) is 0.184. The molecule has 10 nitrogen and oxygen atoms in total. The van der Waals surface area contributed by atoms with E-state index in [1.807, 2.05) is 109 Å². The van der Waals surface area contributed by atoms with Gasteiger partial charge in [-0.15, -0.1) is 0 Å². The molecular formula is C49H40FN3O7. The lowest BCUT2D eigenvalue weighted by molar-refractivity contribution is -0.150. The summed E-state index contributed by atoms with van der Waals surface area (Å²) >= 11 is 0. The molecular weight excluding hydrogens is 762 g/mol. The Hall–Kier alpha value is -7.47. The molecule has 300 valence electrons. The van der Waals surface area contributed by atoms with Crippen LogP contribution in [0.25, 0.3) is 11.1 Å². The number of aliphatic carboxylic acids is 1. The van der Waals surface area contributed by atoms with Gasteiger partial charge in [0.2, 0.25) is 5.91 Å². The van der Waals surface area contributed by atoms with Crippen molar-refractivity contribution in [2.45, 2.75) is 38.0 Å². The molecule has 1 fully saturated rings. The number of aromatic nitrogens is 2. The number of nitrogens with zero attached hydrogens (tertiary/aromatic N) is 3. The van der Waals surface area contributed by atoms with E-state index in [1.165, 1.54) is 12.1 Å². The van der Waals surface area contributed by atoms with E-state index in [0.717, 1.165) is 33.5 Å². The Labute approximate surface area is 346 Å². The zero-order chi connectivity index (χ0) is 42.0. The highest BCUT2D eigenvalue weighted by Crippen LogP contribution is 2.49. The highest BCUT2D eigenvalue weighted by Gasteiger charge is 2.49. The number of aliphatic hydroxyl groups is 1. The molecule has 0 saturated carbocycles. The summed E-state index contributed by atoms with van der Waals surface area (Å²) < 4.78 is 26.9. The molecule has 11 heteroatoms. The van der Waals surface area contributed by atoms with E-state index in [0.29, 0.717) is 29.0 Å². The van der Waals surface area contributed by atoms with Crippen molar-refractivity contribution in [1.82, 2.24) is 9.55 Å². The molecule has 0 aliphatic carbocycles. The maximum absolute atomic E-state index is 14.2. The van der Waals surface area contributed by atoms with Gasteiger partial charge in [0.05, 0.1) is 30.6 Å². The second-order valence-corrected chi connectivity index (χ2v) is 14.2. The number of aryl methyl sites for hydroxylation is 1. The summed E-state index contributed by atoms with van der Waals surface area (Å²) in [6, 6.07) is 36.0. The number of carbonyl (C=O) groups is 3. The monoisotopic (exact) mass is 801 g/mol. The topological polar surface area (TPSA) is 131 Å². The predicted octanol–water partition coefficient (Wildman–Crippen LogP) is 7.79. The lowest BCUT2D eigenvalue weighted by Crippen LogP contribution is -2.55. The number of rotatable bonds is 13. The first-order valence-corrected chi connectivity index (χ1v) is 19.3. The van der Waals surface area contributed by atoms with Crippen LogP contribution >= 0.6 is 0 Å². The second-order valence-electron chi connectivity index (χ2n) is 14.2. The first kappa shape index (κ1) is 40.7. The minimum Gasteiger partial charge on any atom is -0.489 e. The number of esters is 1. The van der Waals surface area contributed by atoms with Gasteiger partial charge in [-0.3, -0.25) is 14.4 Å². The average molecular weight is 802 g/mol. The Morgan fingerprint density at radius 1 is 0.867 bits per heavy atom. The Bertz CT molecular complexity index is 2600. The number of β-lactam (4-membered cyclic amide) rings is 1. The Kier molecular flexibility index (Phi) is 12.8. The van der Waals surface area contributed by atoms with Crippen LogP contribution in [-0.2, 0) is 32.8 Å². The molecule has 1 saturated heterocycles. The number of halogens is 1. The van der Waals surface area contributed by atoms with Crippen LogP contribution in [0, 0.1) is 35.4 Å². The molecule has 1 aromatic heterocycles. The van der Waals surface area contributed by atoms with Crippen molar-refractivity contribution < 1.29 is 38.5 Å². The van der Waals surface area contributed by atoms with Gasteiger partial charge in [0.15, 0.2) is 6.61 Å². The molecule has 1 amide bonds.